The van der Waals surface area contributed by atoms with E-state index in [-0.39, 0.29) is 11.9 Å². The molecule has 0 fully saturated rings. The number of anilines is 1. The number of aromatic nitrogens is 1. The van der Waals surface area contributed by atoms with Crippen molar-refractivity contribution in [2.24, 2.45) is 0 Å². The van der Waals surface area contributed by atoms with E-state index in [4.69, 9.17) is 11.0 Å². The Kier molecular flexibility index (Phi) is 3.34. The third kappa shape index (κ3) is 2.50. The van der Waals surface area contributed by atoms with Crippen molar-refractivity contribution in [1.29, 1.82) is 5.26 Å². The zero-order valence-corrected chi connectivity index (χ0v) is 8.82. The number of nitrogens with two attached hydrogens (primary N) is 1. The van der Waals surface area contributed by atoms with Crippen molar-refractivity contribution >= 4 is 11.6 Å². The molecule has 1 atom stereocenters. The van der Waals surface area contributed by atoms with Crippen LogP contribution in [-0.2, 0) is 0 Å². The van der Waals surface area contributed by atoms with E-state index >= 15 is 0 Å². The molecule has 1 amide bonds. The molecule has 1 aromatic rings. The van der Waals surface area contributed by atoms with Crippen molar-refractivity contribution in [2.75, 3.05) is 12.8 Å². The van der Waals surface area contributed by atoms with Gasteiger partial charge in [-0.2, -0.15) is 5.26 Å². The molecular weight excluding hydrogens is 192 g/mol. The largest absolute Gasteiger partial charge is 0.397 e. The van der Waals surface area contributed by atoms with Gasteiger partial charge in [0.1, 0.15) is 5.69 Å². The predicted molar refractivity (Wildman–Crippen MR) is 57.0 cm³/mol. The molecular formula is C10H14N4O. The number of amides is 1. The summed E-state index contributed by atoms with van der Waals surface area (Å²) in [4.78, 5) is 16.1. The van der Waals surface area contributed by atoms with Crippen LogP contribution in [0.15, 0.2) is 12.3 Å². The monoisotopic (exact) mass is 206 g/mol. The lowest BCUT2D eigenvalue weighted by atomic mass is 10.2. The summed E-state index contributed by atoms with van der Waals surface area (Å²) in [5.74, 6) is -0.158. The van der Waals surface area contributed by atoms with Crippen LogP contribution in [0.1, 0.15) is 23.8 Å². The standard InChI is InChI=1S/C10H14N4O/c1-7(3-4-11)14(2)10(15)9-5-8(12)6-13-9/h5-7,13H,3,12H2,1-2H3. The highest BCUT2D eigenvalue weighted by Gasteiger charge is 2.18. The molecule has 0 saturated carbocycles. The summed E-state index contributed by atoms with van der Waals surface area (Å²) in [6.07, 6.45) is 1.88. The Morgan fingerprint density at radius 3 is 2.93 bits per heavy atom. The first-order chi connectivity index (χ1) is 7.06. The third-order valence-electron chi connectivity index (χ3n) is 2.30. The van der Waals surface area contributed by atoms with E-state index in [0.717, 1.165) is 0 Å². The average molecular weight is 206 g/mol. The fourth-order valence-corrected chi connectivity index (χ4v) is 1.19. The molecule has 0 spiro atoms. The second kappa shape index (κ2) is 4.51. The molecule has 1 unspecified atom stereocenters. The Hall–Kier alpha value is -1.96. The van der Waals surface area contributed by atoms with Crippen LogP contribution >= 0.6 is 0 Å². The maximum atomic E-state index is 11.8. The summed E-state index contributed by atoms with van der Waals surface area (Å²) in [6.45, 7) is 1.83. The minimum absolute atomic E-state index is 0.105. The number of hydrogen-bond donors (Lipinski definition) is 2. The van der Waals surface area contributed by atoms with E-state index in [2.05, 4.69) is 4.98 Å². The molecule has 0 aliphatic rings. The Labute approximate surface area is 88.5 Å². The van der Waals surface area contributed by atoms with Gasteiger partial charge >= 0.3 is 0 Å². The van der Waals surface area contributed by atoms with Gasteiger partial charge in [0.25, 0.3) is 5.91 Å². The number of rotatable bonds is 3. The summed E-state index contributed by atoms with van der Waals surface area (Å²) in [6, 6.07) is 3.51. The van der Waals surface area contributed by atoms with E-state index in [1.807, 2.05) is 13.0 Å². The van der Waals surface area contributed by atoms with E-state index in [9.17, 15) is 4.79 Å². The minimum Gasteiger partial charge on any atom is -0.397 e. The van der Waals surface area contributed by atoms with Gasteiger partial charge in [-0.25, -0.2) is 0 Å². The lowest BCUT2D eigenvalue weighted by Gasteiger charge is -2.22. The van der Waals surface area contributed by atoms with Crippen LogP contribution in [0.5, 0.6) is 0 Å². The van der Waals surface area contributed by atoms with Crippen LogP contribution in [0.3, 0.4) is 0 Å². The van der Waals surface area contributed by atoms with Crippen LogP contribution in [0, 0.1) is 11.3 Å². The smallest absolute Gasteiger partial charge is 0.270 e. The molecule has 15 heavy (non-hydrogen) atoms. The number of hydrogen-bond acceptors (Lipinski definition) is 3. The molecule has 5 heteroatoms. The first kappa shape index (κ1) is 11.1. The Bertz CT molecular complexity index is 390. The zero-order chi connectivity index (χ0) is 11.4. The molecule has 80 valence electrons. The van der Waals surface area contributed by atoms with Gasteiger partial charge in [-0.1, -0.05) is 0 Å². The molecule has 0 bridgehead atoms. The highest BCUT2D eigenvalue weighted by molar-refractivity contribution is 5.93. The number of nitriles is 1. The second-order valence-corrected chi connectivity index (χ2v) is 3.47. The lowest BCUT2D eigenvalue weighted by molar-refractivity contribution is 0.0741. The van der Waals surface area contributed by atoms with Gasteiger partial charge in [0.05, 0.1) is 12.5 Å². The maximum Gasteiger partial charge on any atom is 0.270 e. The first-order valence-electron chi connectivity index (χ1n) is 4.64. The molecule has 0 aliphatic heterocycles. The van der Waals surface area contributed by atoms with Gasteiger partial charge in [0.15, 0.2) is 0 Å². The second-order valence-electron chi connectivity index (χ2n) is 3.47. The molecule has 0 radical (unpaired) electrons. The number of nitrogens with zero attached hydrogens (tertiary/aromatic N) is 2. The fraction of sp³-hybridized carbons (Fsp3) is 0.400. The van der Waals surface area contributed by atoms with Gasteiger partial charge in [-0.05, 0) is 13.0 Å². The van der Waals surface area contributed by atoms with Crippen molar-refractivity contribution in [2.45, 2.75) is 19.4 Å². The normalized spacial score (nSPS) is 11.8. The van der Waals surface area contributed by atoms with Crippen molar-refractivity contribution in [3.05, 3.63) is 18.0 Å². The Morgan fingerprint density at radius 2 is 2.47 bits per heavy atom. The van der Waals surface area contributed by atoms with Gasteiger partial charge in [-0.15, -0.1) is 0 Å². The molecule has 1 aromatic heterocycles. The van der Waals surface area contributed by atoms with E-state index in [0.29, 0.717) is 17.8 Å². The van der Waals surface area contributed by atoms with Crippen LogP contribution in [0.25, 0.3) is 0 Å². The van der Waals surface area contributed by atoms with Crippen molar-refractivity contribution in [1.82, 2.24) is 9.88 Å². The summed E-state index contributed by atoms with van der Waals surface area (Å²) < 4.78 is 0. The Balaban J connectivity index is 2.73. The number of nitrogen functional groups attached to an aromatic ring is 1. The molecule has 0 aliphatic carbocycles. The highest BCUT2D eigenvalue weighted by atomic mass is 16.2. The third-order valence-corrected chi connectivity index (χ3v) is 2.30. The zero-order valence-electron chi connectivity index (χ0n) is 8.82. The predicted octanol–water partition coefficient (Wildman–Crippen LogP) is 0.971. The maximum absolute atomic E-state index is 11.8. The summed E-state index contributed by atoms with van der Waals surface area (Å²) in [5.41, 5.74) is 6.47. The molecule has 1 heterocycles. The van der Waals surface area contributed by atoms with Crippen molar-refractivity contribution < 1.29 is 4.79 Å². The topological polar surface area (TPSA) is 85.9 Å². The summed E-state index contributed by atoms with van der Waals surface area (Å²) in [7, 11) is 1.67. The van der Waals surface area contributed by atoms with Crippen molar-refractivity contribution in [3.8, 4) is 6.07 Å². The van der Waals surface area contributed by atoms with E-state index in [1.165, 1.54) is 4.90 Å². The fourth-order valence-electron chi connectivity index (χ4n) is 1.19. The lowest BCUT2D eigenvalue weighted by Crippen LogP contribution is -2.34. The highest BCUT2D eigenvalue weighted by Crippen LogP contribution is 2.10. The van der Waals surface area contributed by atoms with Crippen LogP contribution in [0.4, 0.5) is 5.69 Å². The molecule has 0 aromatic carbocycles. The number of carbonyl (C=O) groups excluding carboxylic acids is 1. The van der Waals surface area contributed by atoms with E-state index < -0.39 is 0 Å². The minimum atomic E-state index is -0.158. The van der Waals surface area contributed by atoms with Gasteiger partial charge in [-0.3, -0.25) is 4.79 Å². The number of carbonyl (C=O) groups is 1. The molecule has 0 saturated heterocycles. The summed E-state index contributed by atoms with van der Waals surface area (Å²) in [5, 5.41) is 8.53. The molecule has 5 nitrogen and oxygen atoms in total. The van der Waals surface area contributed by atoms with Crippen LogP contribution < -0.4 is 5.73 Å². The number of H-pyrrole nitrogens is 1. The van der Waals surface area contributed by atoms with E-state index in [1.54, 1.807) is 19.3 Å². The average Bonchev–Trinajstić information content (AvgIpc) is 2.63. The quantitative estimate of drug-likeness (QED) is 0.772. The number of nitrogens with one attached hydrogen (secondary N) is 1. The van der Waals surface area contributed by atoms with Gasteiger partial charge in [0, 0.05) is 25.0 Å². The SMILES string of the molecule is CC(CC#N)N(C)C(=O)c1cc(N)c[nH]1. The van der Waals surface area contributed by atoms with Crippen molar-refractivity contribution in [3.63, 3.8) is 0 Å². The van der Waals surface area contributed by atoms with Gasteiger partial charge < -0.3 is 15.6 Å². The first-order valence-corrected chi connectivity index (χ1v) is 4.64. The van der Waals surface area contributed by atoms with Crippen LogP contribution in [-0.4, -0.2) is 28.9 Å². The van der Waals surface area contributed by atoms with Gasteiger partial charge in [0.2, 0.25) is 0 Å². The molecule has 1 rings (SSSR count). The molecule has 3 N–H and O–H groups in total. The number of aromatic amines is 1. The Morgan fingerprint density at radius 1 is 1.80 bits per heavy atom. The van der Waals surface area contributed by atoms with Crippen LogP contribution in [0.2, 0.25) is 0 Å². The summed E-state index contributed by atoms with van der Waals surface area (Å²) >= 11 is 0.